The number of carbonyl (C=O) groups is 1. The predicted octanol–water partition coefficient (Wildman–Crippen LogP) is 0.671. The van der Waals surface area contributed by atoms with E-state index in [1.54, 1.807) is 6.20 Å². The van der Waals surface area contributed by atoms with Crippen LogP contribution in [0.5, 0.6) is 0 Å². The van der Waals surface area contributed by atoms with Crippen molar-refractivity contribution in [2.45, 2.75) is 13.5 Å². The summed E-state index contributed by atoms with van der Waals surface area (Å²) in [6.45, 7) is 2.17. The normalized spacial score (nSPS) is 10.3. The zero-order valence-corrected chi connectivity index (χ0v) is 9.80. The van der Waals surface area contributed by atoms with Crippen molar-refractivity contribution in [2.24, 2.45) is 5.73 Å². The Morgan fingerprint density at radius 1 is 1.44 bits per heavy atom. The first-order chi connectivity index (χ1) is 8.56. The highest BCUT2D eigenvalue weighted by molar-refractivity contribution is 5.98. The minimum atomic E-state index is -0.593. The van der Waals surface area contributed by atoms with Crippen LogP contribution < -0.4 is 16.8 Å². The number of hydrogen-bond acceptors (Lipinski definition) is 6. The minimum Gasteiger partial charge on any atom is -0.444 e. The number of nitrogen functional groups attached to an aromatic ring is 1. The second-order valence-electron chi connectivity index (χ2n) is 3.74. The molecule has 2 rings (SSSR count). The Hall–Kier alpha value is -2.57. The average molecular weight is 247 g/mol. The number of primary amides is 1. The maximum atomic E-state index is 11.1. The Labute approximate surface area is 103 Å². The lowest BCUT2D eigenvalue weighted by molar-refractivity contribution is 0.100. The van der Waals surface area contributed by atoms with Crippen LogP contribution in [0, 0.1) is 6.92 Å². The summed E-state index contributed by atoms with van der Waals surface area (Å²) in [5.74, 6) is 1.15. The van der Waals surface area contributed by atoms with Crippen molar-refractivity contribution in [3.05, 3.63) is 35.7 Å². The third-order valence-electron chi connectivity index (χ3n) is 2.29. The van der Waals surface area contributed by atoms with Gasteiger partial charge >= 0.3 is 0 Å². The highest BCUT2D eigenvalue weighted by Crippen LogP contribution is 2.14. The van der Waals surface area contributed by atoms with Gasteiger partial charge in [-0.15, -0.1) is 0 Å². The molecule has 5 N–H and O–H groups in total. The van der Waals surface area contributed by atoms with E-state index < -0.39 is 5.91 Å². The molecule has 2 aromatic heterocycles. The molecule has 0 atom stereocenters. The molecule has 7 nitrogen and oxygen atoms in total. The van der Waals surface area contributed by atoms with Crippen LogP contribution in [-0.2, 0) is 6.54 Å². The largest absolute Gasteiger partial charge is 0.444 e. The number of nitrogens with one attached hydrogen (secondary N) is 1. The van der Waals surface area contributed by atoms with E-state index in [2.05, 4.69) is 15.3 Å². The first-order valence-corrected chi connectivity index (χ1v) is 5.27. The number of hydrogen-bond donors (Lipinski definition) is 3. The summed E-state index contributed by atoms with van der Waals surface area (Å²) in [4.78, 5) is 19.2. The molecule has 0 aliphatic heterocycles. The fourth-order valence-electron chi connectivity index (χ4n) is 1.43. The van der Waals surface area contributed by atoms with Crippen LogP contribution >= 0.6 is 0 Å². The summed E-state index contributed by atoms with van der Waals surface area (Å²) in [5, 5.41) is 2.97. The van der Waals surface area contributed by atoms with Crippen LogP contribution in [0.3, 0.4) is 0 Å². The van der Waals surface area contributed by atoms with E-state index in [1.807, 2.05) is 6.92 Å². The van der Waals surface area contributed by atoms with Crippen molar-refractivity contribution in [3.8, 4) is 0 Å². The van der Waals surface area contributed by atoms with Gasteiger partial charge < -0.3 is 21.2 Å². The van der Waals surface area contributed by atoms with E-state index in [0.29, 0.717) is 18.3 Å². The van der Waals surface area contributed by atoms with Crippen molar-refractivity contribution >= 4 is 17.4 Å². The van der Waals surface area contributed by atoms with Gasteiger partial charge in [0.15, 0.2) is 0 Å². The van der Waals surface area contributed by atoms with E-state index in [-0.39, 0.29) is 11.3 Å². The summed E-state index contributed by atoms with van der Waals surface area (Å²) < 4.78 is 5.29. The molecule has 2 aromatic rings. The molecule has 0 aliphatic carbocycles. The number of oxazole rings is 1. The number of anilines is 2. The van der Waals surface area contributed by atoms with Gasteiger partial charge in [0.25, 0.3) is 5.91 Å². The molecule has 0 aliphatic rings. The van der Waals surface area contributed by atoms with Gasteiger partial charge in [0, 0.05) is 0 Å². The van der Waals surface area contributed by atoms with E-state index >= 15 is 0 Å². The Morgan fingerprint density at radius 3 is 2.83 bits per heavy atom. The Bertz CT molecular complexity index is 579. The molecule has 18 heavy (non-hydrogen) atoms. The average Bonchev–Trinajstić information content (AvgIpc) is 2.74. The first kappa shape index (κ1) is 11.9. The Kier molecular flexibility index (Phi) is 3.13. The lowest BCUT2D eigenvalue weighted by Crippen LogP contribution is -2.14. The van der Waals surface area contributed by atoms with Crippen LogP contribution in [-0.4, -0.2) is 15.9 Å². The molecule has 94 valence electrons. The molecule has 1 amide bonds. The molecule has 0 unspecified atom stereocenters. The maximum Gasteiger partial charge on any atom is 0.250 e. The van der Waals surface area contributed by atoms with E-state index in [1.165, 1.54) is 12.3 Å². The maximum absolute atomic E-state index is 11.1. The number of pyridine rings is 1. The van der Waals surface area contributed by atoms with Gasteiger partial charge in [-0.3, -0.25) is 4.79 Å². The number of carbonyl (C=O) groups excluding carboxylic acids is 1. The van der Waals surface area contributed by atoms with Crippen LogP contribution in [0.15, 0.2) is 22.9 Å². The topological polar surface area (TPSA) is 120 Å². The number of rotatable bonds is 4. The molecule has 2 heterocycles. The molecular formula is C11H13N5O2. The second-order valence-corrected chi connectivity index (χ2v) is 3.74. The van der Waals surface area contributed by atoms with Crippen molar-refractivity contribution in [1.29, 1.82) is 0 Å². The fourth-order valence-corrected chi connectivity index (χ4v) is 1.43. The second kappa shape index (κ2) is 4.74. The third-order valence-corrected chi connectivity index (χ3v) is 2.29. The number of nitrogens with zero attached hydrogens (tertiary/aromatic N) is 2. The molecule has 0 saturated heterocycles. The van der Waals surface area contributed by atoms with Gasteiger partial charge in [0.05, 0.1) is 30.2 Å². The number of aryl methyl sites for hydroxylation is 1. The van der Waals surface area contributed by atoms with Crippen LogP contribution in [0.4, 0.5) is 11.5 Å². The van der Waals surface area contributed by atoms with Crippen molar-refractivity contribution in [2.75, 3.05) is 11.1 Å². The van der Waals surface area contributed by atoms with E-state index in [0.717, 1.165) is 5.76 Å². The van der Waals surface area contributed by atoms with Gasteiger partial charge in [-0.25, -0.2) is 9.97 Å². The minimum absolute atomic E-state index is 0.232. The number of nitrogens with two attached hydrogens (primary N) is 2. The van der Waals surface area contributed by atoms with Crippen LogP contribution in [0.25, 0.3) is 0 Å². The van der Waals surface area contributed by atoms with Crippen LogP contribution in [0.1, 0.15) is 22.0 Å². The van der Waals surface area contributed by atoms with E-state index in [9.17, 15) is 4.79 Å². The monoisotopic (exact) mass is 247 g/mol. The quantitative estimate of drug-likeness (QED) is 0.730. The molecule has 7 heteroatoms. The molecule has 0 aromatic carbocycles. The lowest BCUT2D eigenvalue weighted by Gasteiger charge is -2.06. The zero-order chi connectivity index (χ0) is 13.1. The Balaban J connectivity index is 2.10. The summed E-state index contributed by atoms with van der Waals surface area (Å²) in [5.41, 5.74) is 11.3. The fraction of sp³-hybridized carbons (Fsp3) is 0.182. The zero-order valence-electron chi connectivity index (χ0n) is 9.80. The highest BCUT2D eigenvalue weighted by atomic mass is 16.4. The van der Waals surface area contributed by atoms with Gasteiger partial charge in [0.2, 0.25) is 5.89 Å². The van der Waals surface area contributed by atoms with Gasteiger partial charge in [-0.05, 0) is 13.0 Å². The lowest BCUT2D eigenvalue weighted by atomic mass is 10.2. The summed E-state index contributed by atoms with van der Waals surface area (Å²) >= 11 is 0. The van der Waals surface area contributed by atoms with Gasteiger partial charge in [0.1, 0.15) is 11.6 Å². The van der Waals surface area contributed by atoms with Crippen molar-refractivity contribution in [3.63, 3.8) is 0 Å². The van der Waals surface area contributed by atoms with Crippen LogP contribution in [0.2, 0.25) is 0 Å². The predicted molar refractivity (Wildman–Crippen MR) is 65.7 cm³/mol. The first-order valence-electron chi connectivity index (χ1n) is 5.27. The van der Waals surface area contributed by atoms with Crippen molar-refractivity contribution < 1.29 is 9.21 Å². The van der Waals surface area contributed by atoms with Gasteiger partial charge in [-0.1, -0.05) is 0 Å². The standard InChI is InChI=1S/C11H13N5O2/c1-6-3-16-10(18-6)5-15-9-2-7(11(13)17)8(12)4-14-9/h2-4H,5,12H2,1H3,(H2,13,17)(H,14,15). The molecule has 0 radical (unpaired) electrons. The summed E-state index contributed by atoms with van der Waals surface area (Å²) in [6, 6.07) is 1.49. The highest BCUT2D eigenvalue weighted by Gasteiger charge is 2.08. The molecule has 0 saturated carbocycles. The molecule has 0 spiro atoms. The summed E-state index contributed by atoms with van der Waals surface area (Å²) in [7, 11) is 0. The molecule has 0 bridgehead atoms. The summed E-state index contributed by atoms with van der Waals surface area (Å²) in [6.07, 6.45) is 3.01. The smallest absolute Gasteiger partial charge is 0.250 e. The van der Waals surface area contributed by atoms with E-state index in [4.69, 9.17) is 15.9 Å². The van der Waals surface area contributed by atoms with Gasteiger partial charge in [-0.2, -0.15) is 0 Å². The Morgan fingerprint density at radius 2 is 2.22 bits per heavy atom. The number of aromatic nitrogens is 2. The SMILES string of the molecule is Cc1cnc(CNc2cc(C(N)=O)c(N)cn2)o1. The van der Waals surface area contributed by atoms with Crippen molar-refractivity contribution in [1.82, 2.24) is 9.97 Å². The third kappa shape index (κ3) is 2.57. The molecular weight excluding hydrogens is 234 g/mol. The number of amides is 1. The molecule has 0 fully saturated rings.